The topological polar surface area (TPSA) is 107 Å². The number of ether oxygens (including phenoxy) is 2. The summed E-state index contributed by atoms with van der Waals surface area (Å²) in [7, 11) is 0. The van der Waals surface area contributed by atoms with E-state index in [0.29, 0.717) is 13.0 Å². The van der Waals surface area contributed by atoms with E-state index in [4.69, 9.17) is 15.2 Å². The van der Waals surface area contributed by atoms with Crippen molar-refractivity contribution in [3.63, 3.8) is 0 Å². The molecule has 2 aromatic rings. The Morgan fingerprint density at radius 2 is 1.95 bits per heavy atom. The van der Waals surface area contributed by atoms with Gasteiger partial charge in [-0.15, -0.1) is 0 Å². The normalized spacial score (nSPS) is 25.4. The Morgan fingerprint density at radius 3 is 2.58 bits per heavy atom. The molecule has 2 amide bonds. The first-order chi connectivity index (χ1) is 18.7. The predicted molar refractivity (Wildman–Crippen MR) is 130 cm³/mol. The summed E-state index contributed by atoms with van der Waals surface area (Å²) in [5.41, 5.74) is 1.99. The summed E-state index contributed by atoms with van der Waals surface area (Å²) in [6.07, 6.45) is -6.19. The van der Waals surface area contributed by atoms with Crippen molar-refractivity contribution in [2.24, 2.45) is 11.7 Å². The summed E-state index contributed by atoms with van der Waals surface area (Å²) in [5.74, 6) is -8.13. The van der Waals surface area contributed by atoms with Crippen LogP contribution in [-0.2, 0) is 9.53 Å². The van der Waals surface area contributed by atoms with Gasteiger partial charge >= 0.3 is 6.18 Å². The van der Waals surface area contributed by atoms with Crippen LogP contribution >= 0.6 is 0 Å². The largest absolute Gasteiger partial charge is 0.490 e. The molecule has 2 aliphatic heterocycles. The zero-order valence-electron chi connectivity index (χ0n) is 21.6. The number of nitrogens with one attached hydrogen (secondary N) is 1. The predicted octanol–water partition coefficient (Wildman–Crippen LogP) is 3.96. The second-order valence-electron chi connectivity index (χ2n) is 10.1. The number of likely N-dealkylation sites (tertiary alicyclic amines) is 1. The van der Waals surface area contributed by atoms with Crippen LogP contribution in [0.4, 0.5) is 32.0 Å². The quantitative estimate of drug-likeness (QED) is 0.347. The molecule has 0 bridgehead atoms. The summed E-state index contributed by atoms with van der Waals surface area (Å²) < 4.78 is 95.8. The van der Waals surface area contributed by atoms with Crippen molar-refractivity contribution in [1.82, 2.24) is 9.88 Å². The highest BCUT2D eigenvalue weighted by Crippen LogP contribution is 2.55. The van der Waals surface area contributed by atoms with Crippen LogP contribution in [0.2, 0.25) is 0 Å². The Kier molecular flexibility index (Phi) is 8.31. The molecule has 14 heteroatoms. The maximum Gasteiger partial charge on any atom is 0.417 e. The molecule has 3 heterocycles. The average Bonchev–Trinajstić information content (AvgIpc) is 3.15. The number of nitrogens with zero attached hydrogens (tertiary/aromatic N) is 2. The van der Waals surface area contributed by atoms with Gasteiger partial charge in [0.25, 0.3) is 11.8 Å². The van der Waals surface area contributed by atoms with E-state index in [1.165, 1.54) is 19.2 Å². The second kappa shape index (κ2) is 11.2. The molecule has 8 nitrogen and oxygen atoms in total. The monoisotopic (exact) mass is 574 g/mol. The maximum absolute atomic E-state index is 15.0. The molecule has 0 radical (unpaired) electrons. The molecule has 218 valence electrons. The molecule has 2 fully saturated rings. The van der Waals surface area contributed by atoms with Crippen molar-refractivity contribution < 1.29 is 45.4 Å². The summed E-state index contributed by atoms with van der Waals surface area (Å²) in [6, 6.07) is 4.23. The number of pyridine rings is 1. The van der Waals surface area contributed by atoms with E-state index in [0.717, 1.165) is 25.1 Å². The first-order valence-corrected chi connectivity index (χ1v) is 12.5. The Hall–Kier alpha value is -3.39. The number of carbonyl (C=O) groups is 2. The summed E-state index contributed by atoms with van der Waals surface area (Å²) in [4.78, 5) is 30.3. The minimum atomic E-state index is -4.93. The van der Waals surface area contributed by atoms with Gasteiger partial charge in [-0.25, -0.2) is 8.78 Å². The molecular weight excluding hydrogens is 546 g/mol. The van der Waals surface area contributed by atoms with Gasteiger partial charge < -0.3 is 20.5 Å². The van der Waals surface area contributed by atoms with Gasteiger partial charge in [-0.2, -0.15) is 17.6 Å². The standard InChI is InChI=1S/C26H28F6N4O4/c1-13-19(16-4-5-17(28)20(29)21(16)39-9-3-8-36-11-14(27)12-36)22(40-25(13,2)26(30,31)32)24(38)35-15-6-7-34-18(10-15)23(33)37/h4-7,10,13-14,19,22H,3,8-9,11-12H2,1-2H3,(H2,33,37)(H,34,35,38)/t13-,19-,22+,25+/m0/s1. The summed E-state index contributed by atoms with van der Waals surface area (Å²) in [5, 5.41) is 2.39. The summed E-state index contributed by atoms with van der Waals surface area (Å²) >= 11 is 0. The van der Waals surface area contributed by atoms with Crippen molar-refractivity contribution in [3.05, 3.63) is 53.4 Å². The highest BCUT2D eigenvalue weighted by atomic mass is 19.4. The number of carbonyl (C=O) groups excluding carboxylic acids is 2. The molecule has 1 aromatic heterocycles. The zero-order valence-corrected chi connectivity index (χ0v) is 21.6. The van der Waals surface area contributed by atoms with Gasteiger partial charge in [0.05, 0.1) is 6.61 Å². The average molecular weight is 575 g/mol. The van der Waals surface area contributed by atoms with E-state index in [9.17, 15) is 31.5 Å². The Balaban J connectivity index is 1.65. The number of rotatable bonds is 9. The molecule has 4 atom stereocenters. The van der Waals surface area contributed by atoms with Crippen LogP contribution in [0.25, 0.3) is 0 Å². The van der Waals surface area contributed by atoms with E-state index in [2.05, 4.69) is 10.3 Å². The van der Waals surface area contributed by atoms with Crippen molar-refractivity contribution >= 4 is 17.5 Å². The summed E-state index contributed by atoms with van der Waals surface area (Å²) in [6.45, 7) is 2.77. The van der Waals surface area contributed by atoms with Gasteiger partial charge in [-0.05, 0) is 31.5 Å². The van der Waals surface area contributed by atoms with E-state index in [-0.39, 0.29) is 36.6 Å². The lowest BCUT2D eigenvalue weighted by atomic mass is 9.77. The lowest BCUT2D eigenvalue weighted by Gasteiger charge is -2.34. The number of hydrogen-bond acceptors (Lipinski definition) is 6. The minimum absolute atomic E-state index is 0.00712. The van der Waals surface area contributed by atoms with Crippen LogP contribution in [-0.4, -0.2) is 72.0 Å². The Morgan fingerprint density at radius 1 is 1.25 bits per heavy atom. The molecule has 0 unspecified atom stereocenters. The number of halogens is 6. The fourth-order valence-electron chi connectivity index (χ4n) is 4.99. The third-order valence-electron chi connectivity index (χ3n) is 7.42. The fourth-order valence-corrected chi connectivity index (χ4v) is 4.99. The fraction of sp³-hybridized carbons (Fsp3) is 0.500. The second-order valence-corrected chi connectivity index (χ2v) is 10.1. The first-order valence-electron chi connectivity index (χ1n) is 12.5. The van der Waals surface area contributed by atoms with Crippen LogP contribution in [0.1, 0.15) is 42.2 Å². The van der Waals surface area contributed by atoms with Gasteiger partial charge in [0.1, 0.15) is 18.0 Å². The van der Waals surface area contributed by atoms with Crippen molar-refractivity contribution in [1.29, 1.82) is 0 Å². The van der Waals surface area contributed by atoms with Crippen LogP contribution in [0.3, 0.4) is 0 Å². The number of primary amides is 1. The number of amides is 2. The van der Waals surface area contributed by atoms with Crippen molar-refractivity contribution in [3.8, 4) is 5.75 Å². The number of nitrogens with two attached hydrogens (primary N) is 1. The molecule has 1 aromatic carbocycles. The van der Waals surface area contributed by atoms with Crippen molar-refractivity contribution in [2.45, 2.75) is 50.2 Å². The molecule has 4 rings (SSSR count). The van der Waals surface area contributed by atoms with E-state index >= 15 is 4.39 Å². The smallest absolute Gasteiger partial charge is 0.417 e. The lowest BCUT2D eigenvalue weighted by molar-refractivity contribution is -0.272. The molecule has 0 aliphatic carbocycles. The number of aromatic nitrogens is 1. The van der Waals surface area contributed by atoms with E-state index in [1.807, 2.05) is 0 Å². The molecule has 0 saturated carbocycles. The molecule has 2 aliphatic rings. The molecule has 2 saturated heterocycles. The van der Waals surface area contributed by atoms with Gasteiger partial charge in [0.15, 0.2) is 17.2 Å². The van der Waals surface area contributed by atoms with Gasteiger partial charge in [-0.1, -0.05) is 13.0 Å². The van der Waals surface area contributed by atoms with Gasteiger partial charge in [0.2, 0.25) is 5.82 Å². The first kappa shape index (κ1) is 29.6. The molecular formula is C26H28F6N4O4. The number of alkyl halides is 4. The Labute approximate surface area is 225 Å². The van der Waals surface area contributed by atoms with Gasteiger partial charge in [0, 0.05) is 48.9 Å². The SMILES string of the molecule is C[C@H]1[C@@H](c2ccc(F)c(F)c2OCCCN2CC(F)C2)[C@H](C(=O)Nc2ccnc(C(N)=O)c2)O[C@@]1(C)C(F)(F)F. The van der Waals surface area contributed by atoms with Crippen LogP contribution in [0, 0.1) is 17.6 Å². The third-order valence-corrected chi connectivity index (χ3v) is 7.42. The Bertz CT molecular complexity index is 1270. The van der Waals surface area contributed by atoms with E-state index in [1.54, 1.807) is 4.90 Å². The van der Waals surface area contributed by atoms with Crippen molar-refractivity contribution in [2.75, 3.05) is 31.6 Å². The number of hydrogen-bond donors (Lipinski definition) is 2. The van der Waals surface area contributed by atoms with Gasteiger partial charge in [-0.3, -0.25) is 19.5 Å². The third kappa shape index (κ3) is 5.73. The highest BCUT2D eigenvalue weighted by Gasteiger charge is 2.66. The number of benzene rings is 1. The maximum atomic E-state index is 15.0. The highest BCUT2D eigenvalue weighted by molar-refractivity contribution is 5.97. The minimum Gasteiger partial charge on any atom is -0.490 e. The lowest BCUT2D eigenvalue weighted by Crippen LogP contribution is -2.48. The van der Waals surface area contributed by atoms with E-state index < -0.39 is 65.1 Å². The van der Waals surface area contributed by atoms with Crippen LogP contribution in [0.15, 0.2) is 30.5 Å². The van der Waals surface area contributed by atoms with Crippen LogP contribution in [0.5, 0.6) is 5.75 Å². The number of anilines is 1. The zero-order chi connectivity index (χ0) is 29.4. The molecule has 0 spiro atoms. The molecule has 3 N–H and O–H groups in total. The van der Waals surface area contributed by atoms with Crippen LogP contribution < -0.4 is 15.8 Å². The molecule has 40 heavy (non-hydrogen) atoms.